The Hall–Kier alpha value is -0.650. The molecule has 0 saturated heterocycles. The zero-order valence-electron chi connectivity index (χ0n) is 13.5. The van der Waals surface area contributed by atoms with E-state index in [0.29, 0.717) is 0 Å². The monoisotopic (exact) mass is 286 g/mol. The Morgan fingerprint density at radius 1 is 0.684 bits per heavy atom. The van der Waals surface area contributed by atoms with Gasteiger partial charge in [-0.1, -0.05) is 79.1 Å². The van der Waals surface area contributed by atoms with Gasteiger partial charge in [0, 0.05) is 6.92 Å². The summed E-state index contributed by atoms with van der Waals surface area (Å²) in [6.07, 6.45) is 11.1. The van der Waals surface area contributed by atoms with E-state index in [1.165, 1.54) is 51.4 Å². The smallest absolute Gasteiger partial charge is 0.300 e. The molecule has 0 aliphatic carbocycles. The van der Waals surface area contributed by atoms with Gasteiger partial charge in [-0.25, -0.2) is 0 Å². The van der Waals surface area contributed by atoms with E-state index in [1.54, 1.807) is 0 Å². The number of carboxylic acid groups (broad SMARTS) is 1. The van der Waals surface area contributed by atoms with Gasteiger partial charge >= 0.3 is 0 Å². The zero-order chi connectivity index (χ0) is 13.2. The van der Waals surface area contributed by atoms with Gasteiger partial charge in [0.15, 0.2) is 0 Å². The average molecular weight is 286 g/mol. The highest BCUT2D eigenvalue weighted by Crippen LogP contribution is 1.95. The van der Waals surface area contributed by atoms with Crippen molar-refractivity contribution in [1.82, 2.24) is 0 Å². The number of aliphatic carboxylic acids is 1. The summed E-state index contributed by atoms with van der Waals surface area (Å²) in [4.78, 5) is 9.00. The third-order valence-electron chi connectivity index (χ3n) is 1.91. The third-order valence-corrected chi connectivity index (χ3v) is 1.91. The van der Waals surface area contributed by atoms with Crippen LogP contribution in [0.15, 0.2) is 0 Å². The van der Waals surface area contributed by atoms with Crippen LogP contribution in [0, 0.1) is 0 Å². The Bertz CT molecular complexity index is 98.4. The van der Waals surface area contributed by atoms with Crippen LogP contribution in [0.3, 0.4) is 0 Å². The molecule has 0 bridgehead atoms. The quantitative estimate of drug-likeness (QED) is 0.752. The van der Waals surface area contributed by atoms with Gasteiger partial charge in [0.2, 0.25) is 0 Å². The highest BCUT2D eigenvalue weighted by Gasteiger charge is 1.75. The first-order valence-corrected chi connectivity index (χ1v) is 6.76. The van der Waals surface area contributed by atoms with Gasteiger partial charge in [-0.15, -0.1) is 0 Å². The molecule has 0 aromatic carbocycles. The van der Waals surface area contributed by atoms with Crippen LogP contribution >= 0.6 is 0 Å². The molecule has 0 spiro atoms. The van der Waals surface area contributed by atoms with E-state index in [4.69, 9.17) is 9.90 Å². The summed E-state index contributed by atoms with van der Waals surface area (Å²) in [5, 5.41) is 7.42. The molecule has 0 saturated carbocycles. The lowest BCUT2D eigenvalue weighted by Gasteiger charge is -1.86. The molecule has 0 rings (SSSR count). The Morgan fingerprint density at radius 3 is 0.842 bits per heavy atom. The van der Waals surface area contributed by atoms with Crippen molar-refractivity contribution < 1.29 is 26.3 Å². The molecule has 5 heteroatoms. The van der Waals surface area contributed by atoms with E-state index < -0.39 is 5.97 Å². The molecule has 0 heterocycles. The lowest BCUT2D eigenvalue weighted by atomic mass is 10.2. The second kappa shape index (κ2) is 43.3. The van der Waals surface area contributed by atoms with Crippen LogP contribution in [0.4, 0.5) is 0 Å². The van der Waals surface area contributed by atoms with E-state index in [-0.39, 0.29) is 16.4 Å². The lowest BCUT2D eigenvalue weighted by Crippen LogP contribution is -1.78. The first kappa shape index (κ1) is 36.2. The average Bonchev–Trinajstić information content (AvgIpc) is 2.23. The van der Waals surface area contributed by atoms with Crippen molar-refractivity contribution in [3.8, 4) is 0 Å². The largest absolute Gasteiger partial charge is 0.481 e. The van der Waals surface area contributed by atoms with Crippen LogP contribution < -0.4 is 0 Å². The zero-order valence-corrected chi connectivity index (χ0v) is 13.5. The fourth-order valence-electron chi connectivity index (χ4n) is 1.000. The fourth-order valence-corrected chi connectivity index (χ4v) is 1.000. The summed E-state index contributed by atoms with van der Waals surface area (Å²) < 4.78 is 0. The minimum Gasteiger partial charge on any atom is -0.481 e. The van der Waals surface area contributed by atoms with Crippen molar-refractivity contribution in [2.24, 2.45) is 0 Å². The van der Waals surface area contributed by atoms with Crippen LogP contribution in [0.2, 0.25) is 0 Å². The second-order valence-corrected chi connectivity index (χ2v) is 3.93. The molecule has 0 aromatic rings. The van der Waals surface area contributed by atoms with E-state index in [2.05, 4.69) is 27.7 Å². The fraction of sp³-hybridized carbons (Fsp3) is 0.929. The van der Waals surface area contributed by atoms with Crippen LogP contribution in [0.5, 0.6) is 0 Å². The minimum atomic E-state index is -0.833. The molecular weight excluding hydrogens is 248 g/mol. The van der Waals surface area contributed by atoms with Crippen LogP contribution in [-0.2, 0) is 4.79 Å². The maximum atomic E-state index is 9.00. The maximum absolute atomic E-state index is 9.00. The molecular formula is C14H38O5. The number of carboxylic acids is 1. The maximum Gasteiger partial charge on any atom is 0.300 e. The van der Waals surface area contributed by atoms with Gasteiger partial charge in [0.25, 0.3) is 5.97 Å². The molecule has 0 aromatic heterocycles. The van der Waals surface area contributed by atoms with Crippen LogP contribution in [-0.4, -0.2) is 27.5 Å². The highest BCUT2D eigenvalue weighted by atomic mass is 16.4. The lowest BCUT2D eigenvalue weighted by molar-refractivity contribution is -0.134. The van der Waals surface area contributed by atoms with E-state index in [0.717, 1.165) is 6.92 Å². The molecule has 7 N–H and O–H groups in total. The van der Waals surface area contributed by atoms with Crippen molar-refractivity contribution in [3.05, 3.63) is 0 Å². The predicted molar refractivity (Wildman–Crippen MR) is 83.8 cm³/mol. The van der Waals surface area contributed by atoms with E-state index in [1.807, 2.05) is 0 Å². The molecule has 19 heavy (non-hydrogen) atoms. The van der Waals surface area contributed by atoms with Crippen molar-refractivity contribution in [2.45, 2.75) is 86.0 Å². The Balaban J connectivity index is -0.0000000315. The van der Waals surface area contributed by atoms with E-state index in [9.17, 15) is 0 Å². The standard InChI is InChI=1S/2C6H14.C2H4O2.3H2O/c2*1-3-5-6-4-2;1-2(3)4;;;/h2*3-6H2,1-2H3;1H3,(H,3,4);3*1H2. The van der Waals surface area contributed by atoms with Crippen molar-refractivity contribution >= 4 is 5.97 Å². The predicted octanol–water partition coefficient (Wildman–Crippen LogP) is 2.79. The first-order valence-electron chi connectivity index (χ1n) is 6.76. The summed E-state index contributed by atoms with van der Waals surface area (Å²) >= 11 is 0. The summed E-state index contributed by atoms with van der Waals surface area (Å²) in [6.45, 7) is 10.0. The van der Waals surface area contributed by atoms with Gasteiger partial charge in [-0.3, -0.25) is 4.79 Å². The summed E-state index contributed by atoms with van der Waals surface area (Å²) in [6, 6.07) is 0. The topological polar surface area (TPSA) is 132 Å². The summed E-state index contributed by atoms with van der Waals surface area (Å²) in [7, 11) is 0. The Labute approximate surface area is 119 Å². The third kappa shape index (κ3) is 143. The van der Waals surface area contributed by atoms with Gasteiger partial charge in [0.1, 0.15) is 0 Å². The van der Waals surface area contributed by atoms with Crippen LogP contribution in [0.1, 0.15) is 86.0 Å². The number of rotatable bonds is 6. The van der Waals surface area contributed by atoms with Gasteiger partial charge in [-0.2, -0.15) is 0 Å². The normalized spacial score (nSPS) is 7.00. The second-order valence-electron chi connectivity index (χ2n) is 3.93. The molecule has 0 atom stereocenters. The van der Waals surface area contributed by atoms with E-state index >= 15 is 0 Å². The molecule has 0 aliphatic heterocycles. The Kier molecular flexibility index (Phi) is 82.5. The number of hydrogen-bond acceptors (Lipinski definition) is 1. The number of unbranched alkanes of at least 4 members (excludes halogenated alkanes) is 6. The molecule has 0 aliphatic rings. The SMILES string of the molecule is CC(=O)O.CCCCCC.CCCCCC.O.O.O. The molecule has 0 amide bonds. The van der Waals surface area contributed by atoms with Gasteiger partial charge in [-0.05, 0) is 0 Å². The van der Waals surface area contributed by atoms with Gasteiger partial charge in [0.05, 0.1) is 0 Å². The number of hydrogen-bond donors (Lipinski definition) is 1. The van der Waals surface area contributed by atoms with Crippen molar-refractivity contribution in [1.29, 1.82) is 0 Å². The number of carbonyl (C=O) groups is 1. The molecule has 124 valence electrons. The van der Waals surface area contributed by atoms with Gasteiger partial charge < -0.3 is 21.5 Å². The highest BCUT2D eigenvalue weighted by molar-refractivity contribution is 5.62. The molecule has 0 radical (unpaired) electrons. The Morgan fingerprint density at radius 2 is 0.789 bits per heavy atom. The summed E-state index contributed by atoms with van der Waals surface area (Å²) in [5.74, 6) is -0.833. The first-order chi connectivity index (χ1) is 7.56. The summed E-state index contributed by atoms with van der Waals surface area (Å²) in [5.41, 5.74) is 0. The van der Waals surface area contributed by atoms with Crippen molar-refractivity contribution in [2.75, 3.05) is 0 Å². The van der Waals surface area contributed by atoms with Crippen molar-refractivity contribution in [3.63, 3.8) is 0 Å². The van der Waals surface area contributed by atoms with Crippen LogP contribution in [0.25, 0.3) is 0 Å². The molecule has 5 nitrogen and oxygen atoms in total. The molecule has 0 fully saturated rings. The molecule has 0 unspecified atom stereocenters. The minimum absolute atomic E-state index is 0.